The Morgan fingerprint density at radius 2 is 1.97 bits per heavy atom. The Labute approximate surface area is 194 Å². The maximum Gasteiger partial charge on any atom is 0.252 e. The minimum atomic E-state index is -0.00238. The molecule has 0 saturated carbocycles. The molecule has 1 amide bonds. The van der Waals surface area contributed by atoms with E-state index < -0.39 is 0 Å². The number of thiazole rings is 1. The summed E-state index contributed by atoms with van der Waals surface area (Å²) in [6.07, 6.45) is 0. The molecule has 1 fully saturated rings. The van der Waals surface area contributed by atoms with Crippen molar-refractivity contribution < 1.29 is 9.53 Å². The number of rotatable bonds is 6. The number of benzene rings is 2. The number of aryl methyl sites for hydroxylation is 1. The van der Waals surface area contributed by atoms with Crippen LogP contribution in [0.3, 0.4) is 0 Å². The highest BCUT2D eigenvalue weighted by molar-refractivity contribution is 14.1. The zero-order valence-electron chi connectivity index (χ0n) is 17.2. The molecule has 0 radical (unpaired) electrons. The van der Waals surface area contributed by atoms with E-state index in [0.717, 1.165) is 58.3 Å². The van der Waals surface area contributed by atoms with Crippen LogP contribution < -0.4 is 15.0 Å². The number of fused-ring (bicyclic) bond motifs is 1. The summed E-state index contributed by atoms with van der Waals surface area (Å²) in [5.41, 5.74) is 2.93. The van der Waals surface area contributed by atoms with Crippen molar-refractivity contribution in [2.75, 3.05) is 51.3 Å². The summed E-state index contributed by atoms with van der Waals surface area (Å²) in [5.74, 6) is 0.831. The summed E-state index contributed by atoms with van der Waals surface area (Å²) < 4.78 is 7.66. The van der Waals surface area contributed by atoms with Crippen LogP contribution in [-0.4, -0.2) is 62.2 Å². The molecule has 1 N–H and O–H groups in total. The molecule has 8 heteroatoms. The third-order valence-electron chi connectivity index (χ3n) is 5.39. The van der Waals surface area contributed by atoms with Crippen LogP contribution in [0.1, 0.15) is 15.9 Å². The summed E-state index contributed by atoms with van der Waals surface area (Å²) in [6.45, 7) is 7.43. The number of carbonyl (C=O) groups is 1. The smallest absolute Gasteiger partial charge is 0.252 e. The van der Waals surface area contributed by atoms with Gasteiger partial charge in [-0.2, -0.15) is 0 Å². The summed E-state index contributed by atoms with van der Waals surface area (Å²) >= 11 is 3.94. The first-order valence-electron chi connectivity index (χ1n) is 10.0. The molecule has 0 unspecified atom stereocenters. The number of ether oxygens (including phenoxy) is 1. The molecule has 158 valence electrons. The molecule has 30 heavy (non-hydrogen) atoms. The van der Waals surface area contributed by atoms with Crippen LogP contribution in [0.2, 0.25) is 0 Å². The zero-order valence-corrected chi connectivity index (χ0v) is 20.1. The molecule has 0 bridgehead atoms. The molecule has 1 aromatic heterocycles. The van der Waals surface area contributed by atoms with Crippen LogP contribution in [0.5, 0.6) is 5.75 Å². The quantitative estimate of drug-likeness (QED) is 0.487. The Balaban J connectivity index is 1.30. The normalized spacial score (nSPS) is 14.8. The first-order chi connectivity index (χ1) is 14.6. The number of nitrogens with one attached hydrogen (secondary N) is 1. The van der Waals surface area contributed by atoms with Gasteiger partial charge in [0.1, 0.15) is 11.3 Å². The van der Waals surface area contributed by atoms with Gasteiger partial charge in [0.05, 0.1) is 17.4 Å². The molecule has 6 nitrogen and oxygen atoms in total. The number of nitrogens with zero attached hydrogens (tertiary/aromatic N) is 3. The van der Waals surface area contributed by atoms with E-state index in [-0.39, 0.29) is 5.91 Å². The lowest BCUT2D eigenvalue weighted by Gasteiger charge is -2.34. The fourth-order valence-electron chi connectivity index (χ4n) is 3.63. The van der Waals surface area contributed by atoms with Crippen LogP contribution in [0, 0.1) is 10.5 Å². The number of aromatic nitrogens is 1. The molecule has 2 aromatic carbocycles. The van der Waals surface area contributed by atoms with Crippen LogP contribution >= 0.6 is 33.9 Å². The molecule has 1 saturated heterocycles. The molecule has 0 atom stereocenters. The van der Waals surface area contributed by atoms with Crippen molar-refractivity contribution in [3.05, 3.63) is 51.1 Å². The van der Waals surface area contributed by atoms with E-state index in [0.29, 0.717) is 6.54 Å². The van der Waals surface area contributed by atoms with Gasteiger partial charge >= 0.3 is 0 Å². The first kappa shape index (κ1) is 21.3. The highest BCUT2D eigenvalue weighted by Gasteiger charge is 2.21. The van der Waals surface area contributed by atoms with E-state index in [1.807, 2.05) is 30.3 Å². The van der Waals surface area contributed by atoms with Gasteiger partial charge in [-0.1, -0.05) is 29.5 Å². The first-order valence-corrected chi connectivity index (χ1v) is 11.9. The van der Waals surface area contributed by atoms with Crippen molar-refractivity contribution in [3.8, 4) is 5.75 Å². The summed E-state index contributed by atoms with van der Waals surface area (Å²) in [5, 5.41) is 4.10. The van der Waals surface area contributed by atoms with Crippen LogP contribution in [-0.2, 0) is 0 Å². The number of hydrogen-bond donors (Lipinski definition) is 1. The topological polar surface area (TPSA) is 57.7 Å². The number of amides is 1. The van der Waals surface area contributed by atoms with Gasteiger partial charge in [0.25, 0.3) is 5.91 Å². The van der Waals surface area contributed by atoms with Crippen molar-refractivity contribution in [2.45, 2.75) is 6.92 Å². The molecule has 1 aliphatic rings. The Morgan fingerprint density at radius 1 is 1.20 bits per heavy atom. The largest absolute Gasteiger partial charge is 0.494 e. The van der Waals surface area contributed by atoms with E-state index in [9.17, 15) is 4.79 Å². The Kier molecular flexibility index (Phi) is 6.74. The van der Waals surface area contributed by atoms with Crippen molar-refractivity contribution in [1.29, 1.82) is 0 Å². The lowest BCUT2D eigenvalue weighted by atomic mass is 10.2. The minimum Gasteiger partial charge on any atom is -0.494 e. The molecule has 2 heterocycles. The van der Waals surface area contributed by atoms with E-state index >= 15 is 0 Å². The third-order valence-corrected chi connectivity index (χ3v) is 7.58. The number of halogens is 1. The Hall–Kier alpha value is -1.91. The van der Waals surface area contributed by atoms with Gasteiger partial charge in [-0.25, -0.2) is 4.98 Å². The minimum absolute atomic E-state index is 0.00238. The second-order valence-electron chi connectivity index (χ2n) is 7.32. The van der Waals surface area contributed by atoms with Crippen molar-refractivity contribution in [2.24, 2.45) is 0 Å². The van der Waals surface area contributed by atoms with Gasteiger partial charge in [-0.05, 0) is 53.3 Å². The predicted octanol–water partition coefficient (Wildman–Crippen LogP) is 3.77. The van der Waals surface area contributed by atoms with Gasteiger partial charge in [-0.15, -0.1) is 0 Å². The van der Waals surface area contributed by atoms with E-state index in [1.165, 1.54) is 10.3 Å². The number of carbonyl (C=O) groups excluding carboxylic acids is 1. The molecule has 0 aliphatic carbocycles. The van der Waals surface area contributed by atoms with E-state index in [4.69, 9.17) is 9.72 Å². The van der Waals surface area contributed by atoms with E-state index in [1.54, 1.807) is 18.4 Å². The van der Waals surface area contributed by atoms with Gasteiger partial charge < -0.3 is 15.0 Å². The van der Waals surface area contributed by atoms with Crippen molar-refractivity contribution in [1.82, 2.24) is 15.2 Å². The van der Waals surface area contributed by atoms with Gasteiger partial charge in [0.2, 0.25) is 0 Å². The highest BCUT2D eigenvalue weighted by atomic mass is 127. The molecule has 1 aliphatic heterocycles. The summed E-state index contributed by atoms with van der Waals surface area (Å²) in [6, 6.07) is 11.7. The molecule has 3 aromatic rings. The number of hydrogen-bond acceptors (Lipinski definition) is 6. The van der Waals surface area contributed by atoms with Crippen LogP contribution in [0.4, 0.5) is 5.13 Å². The van der Waals surface area contributed by atoms with Crippen molar-refractivity contribution in [3.63, 3.8) is 0 Å². The third kappa shape index (κ3) is 4.55. The van der Waals surface area contributed by atoms with Crippen molar-refractivity contribution >= 4 is 55.2 Å². The summed E-state index contributed by atoms with van der Waals surface area (Å²) in [4.78, 5) is 22.0. The van der Waals surface area contributed by atoms with Gasteiger partial charge in [-0.3, -0.25) is 9.69 Å². The fourth-order valence-corrected chi connectivity index (χ4v) is 5.36. The number of methoxy groups -OCH3 is 1. The maximum absolute atomic E-state index is 12.3. The zero-order chi connectivity index (χ0) is 21.1. The number of piperazine rings is 1. The average molecular weight is 536 g/mol. The fraction of sp³-hybridized carbons (Fsp3) is 0.364. The highest BCUT2D eigenvalue weighted by Crippen LogP contribution is 2.36. The van der Waals surface area contributed by atoms with Crippen LogP contribution in [0.25, 0.3) is 10.2 Å². The molecule has 4 rings (SSSR count). The van der Waals surface area contributed by atoms with Gasteiger partial charge in [0, 0.05) is 42.8 Å². The predicted molar refractivity (Wildman–Crippen MR) is 131 cm³/mol. The second kappa shape index (κ2) is 9.49. The maximum atomic E-state index is 12.3. The standard InChI is InChI=1S/C22H25IN4O2S/c1-15-7-8-18(29-2)19-20(15)30-22(25-19)27-13-11-26(12-14-27)10-9-24-21(28)16-5-3-4-6-17(16)23/h3-8H,9-14H2,1-2H3,(H,24,28). The van der Waals surface area contributed by atoms with Crippen LogP contribution in [0.15, 0.2) is 36.4 Å². The monoisotopic (exact) mass is 536 g/mol. The SMILES string of the molecule is COc1ccc(C)c2sc(N3CCN(CCNC(=O)c4ccccc4I)CC3)nc12. The molecule has 0 spiro atoms. The lowest BCUT2D eigenvalue weighted by Crippen LogP contribution is -2.48. The average Bonchev–Trinajstić information content (AvgIpc) is 3.21. The molecular weight excluding hydrogens is 511 g/mol. The van der Waals surface area contributed by atoms with Gasteiger partial charge in [0.15, 0.2) is 5.13 Å². The molecular formula is C22H25IN4O2S. The lowest BCUT2D eigenvalue weighted by molar-refractivity contribution is 0.0947. The Bertz CT molecular complexity index is 1050. The second-order valence-corrected chi connectivity index (χ2v) is 9.46. The summed E-state index contributed by atoms with van der Waals surface area (Å²) in [7, 11) is 1.69. The van der Waals surface area contributed by atoms with E-state index in [2.05, 4.69) is 50.7 Å². The number of anilines is 1. The Morgan fingerprint density at radius 3 is 2.70 bits per heavy atom.